The summed E-state index contributed by atoms with van der Waals surface area (Å²) in [6.07, 6.45) is -1.78. The fraction of sp³-hybridized carbons (Fsp3) is 0.300. The Morgan fingerprint density at radius 2 is 2.19 bits per heavy atom. The van der Waals surface area contributed by atoms with Crippen LogP contribution in [0.2, 0.25) is 0 Å². The number of aliphatic hydroxyl groups is 2. The average molecular weight is 305 g/mol. The van der Waals surface area contributed by atoms with Crippen LogP contribution in [0.1, 0.15) is 11.7 Å². The number of aliphatic hydroxyl groups excluding tert-OH is 2. The summed E-state index contributed by atoms with van der Waals surface area (Å²) in [4.78, 5) is 0. The van der Waals surface area contributed by atoms with Crippen LogP contribution in [0.5, 0.6) is 0 Å². The van der Waals surface area contributed by atoms with Crippen molar-refractivity contribution in [1.29, 1.82) is 0 Å². The number of anilines is 1. The van der Waals surface area contributed by atoms with Crippen LogP contribution in [0.3, 0.4) is 0 Å². The van der Waals surface area contributed by atoms with Gasteiger partial charge in [-0.05, 0) is 29.9 Å². The highest BCUT2D eigenvalue weighted by atomic mass is 79.9. The number of nitrogens with two attached hydrogens (primary N) is 1. The summed E-state index contributed by atoms with van der Waals surface area (Å²) in [7, 11) is 0. The van der Waals surface area contributed by atoms with Gasteiger partial charge in [0.25, 0.3) is 0 Å². The van der Waals surface area contributed by atoms with Crippen LogP contribution in [-0.4, -0.2) is 26.8 Å². The molecule has 0 aliphatic rings. The van der Waals surface area contributed by atoms with Gasteiger partial charge in [-0.2, -0.15) is 0 Å². The molecular weight excluding hydrogens is 292 g/mol. The molecule has 0 aliphatic carbocycles. The van der Waals surface area contributed by atoms with E-state index in [1.165, 1.54) is 0 Å². The van der Waals surface area contributed by atoms with Crippen LogP contribution in [0.15, 0.2) is 24.3 Å². The summed E-state index contributed by atoms with van der Waals surface area (Å²) in [5.41, 5.74) is 6.63. The number of benzene rings is 1. The zero-order valence-electron chi connectivity index (χ0n) is 8.43. The molecule has 1 aromatic carbocycles. The molecule has 88 valence electrons. The minimum atomic E-state index is -0.938. The highest BCUT2D eigenvalue weighted by Crippen LogP contribution is 2.21. The number of hydrogen-bond donors (Lipinski definition) is 4. The minimum absolute atomic E-state index is 0.160. The summed E-state index contributed by atoms with van der Waals surface area (Å²) in [5.74, 6) is 0. The van der Waals surface area contributed by atoms with Crippen molar-refractivity contribution in [3.8, 4) is 0 Å². The van der Waals surface area contributed by atoms with E-state index < -0.39 is 12.2 Å². The highest BCUT2D eigenvalue weighted by molar-refractivity contribution is 9.09. The molecular formula is C10H13BrN2O2S. The third-order valence-electron chi connectivity index (χ3n) is 2.02. The van der Waals surface area contributed by atoms with Gasteiger partial charge in [-0.3, -0.25) is 0 Å². The lowest BCUT2D eigenvalue weighted by Gasteiger charge is -2.16. The Kier molecular flexibility index (Phi) is 5.14. The maximum Gasteiger partial charge on any atom is 0.168 e. The predicted octanol–water partition coefficient (Wildman–Crippen LogP) is 1.13. The molecule has 0 radical (unpaired) electrons. The van der Waals surface area contributed by atoms with Gasteiger partial charge >= 0.3 is 0 Å². The van der Waals surface area contributed by atoms with Crippen LogP contribution < -0.4 is 11.1 Å². The van der Waals surface area contributed by atoms with Gasteiger partial charge in [0.2, 0.25) is 0 Å². The van der Waals surface area contributed by atoms with Crippen LogP contribution in [0.4, 0.5) is 5.69 Å². The Morgan fingerprint density at radius 1 is 1.50 bits per heavy atom. The first-order valence-electron chi connectivity index (χ1n) is 4.63. The topological polar surface area (TPSA) is 78.5 Å². The largest absolute Gasteiger partial charge is 0.389 e. The van der Waals surface area contributed by atoms with E-state index in [-0.39, 0.29) is 5.11 Å². The zero-order chi connectivity index (χ0) is 12.1. The van der Waals surface area contributed by atoms with E-state index >= 15 is 0 Å². The number of nitrogens with one attached hydrogen (secondary N) is 1. The van der Waals surface area contributed by atoms with Crippen molar-refractivity contribution < 1.29 is 10.2 Å². The Hall–Kier alpha value is -0.690. The lowest BCUT2D eigenvalue weighted by atomic mass is 10.0. The second-order valence-electron chi connectivity index (χ2n) is 3.28. The van der Waals surface area contributed by atoms with Gasteiger partial charge in [-0.15, -0.1) is 0 Å². The zero-order valence-corrected chi connectivity index (χ0v) is 10.8. The molecule has 4 nitrogen and oxygen atoms in total. The van der Waals surface area contributed by atoms with E-state index in [2.05, 4.69) is 21.2 Å². The molecule has 0 fully saturated rings. The van der Waals surface area contributed by atoms with Crippen molar-refractivity contribution in [2.24, 2.45) is 5.73 Å². The molecule has 0 heterocycles. The predicted molar refractivity (Wildman–Crippen MR) is 71.6 cm³/mol. The Bertz CT molecular complexity index is 376. The summed E-state index contributed by atoms with van der Waals surface area (Å²) in [6.45, 7) is 0. The lowest BCUT2D eigenvalue weighted by molar-refractivity contribution is 0.0343. The van der Waals surface area contributed by atoms with Gasteiger partial charge < -0.3 is 21.3 Å². The van der Waals surface area contributed by atoms with Crippen molar-refractivity contribution in [1.82, 2.24) is 0 Å². The van der Waals surface area contributed by atoms with Gasteiger partial charge in [0, 0.05) is 11.0 Å². The molecule has 0 saturated carbocycles. The van der Waals surface area contributed by atoms with Gasteiger partial charge in [-0.25, -0.2) is 0 Å². The Labute approximate surface area is 108 Å². The molecule has 0 aliphatic heterocycles. The number of thiocarbonyl (C=S) groups is 1. The fourth-order valence-electron chi connectivity index (χ4n) is 1.25. The van der Waals surface area contributed by atoms with Crippen LogP contribution >= 0.6 is 28.1 Å². The van der Waals surface area contributed by atoms with Gasteiger partial charge in [0.1, 0.15) is 6.10 Å². The van der Waals surface area contributed by atoms with Crippen molar-refractivity contribution >= 4 is 38.9 Å². The van der Waals surface area contributed by atoms with E-state index in [0.29, 0.717) is 16.6 Å². The third kappa shape index (κ3) is 3.71. The Balaban J connectivity index is 2.85. The molecule has 6 heteroatoms. The van der Waals surface area contributed by atoms with E-state index in [1.807, 2.05) is 0 Å². The molecule has 0 amide bonds. The standard InChI is InChI=1S/C10H13BrN2O2S/c11-5-8(14)9(15)6-2-1-3-7(4-6)13-10(12)16/h1-4,8-9,14-15H,5H2,(H3,12,13,16). The van der Waals surface area contributed by atoms with Gasteiger partial charge in [0.05, 0.1) is 6.10 Å². The molecule has 1 rings (SSSR count). The van der Waals surface area contributed by atoms with Crippen molar-refractivity contribution in [3.63, 3.8) is 0 Å². The molecule has 2 atom stereocenters. The summed E-state index contributed by atoms with van der Waals surface area (Å²) in [6, 6.07) is 6.94. The lowest BCUT2D eigenvalue weighted by Crippen LogP contribution is -2.21. The summed E-state index contributed by atoms with van der Waals surface area (Å²) >= 11 is 7.81. The first-order valence-corrected chi connectivity index (χ1v) is 6.16. The molecule has 2 unspecified atom stereocenters. The van der Waals surface area contributed by atoms with Gasteiger partial charge in [0.15, 0.2) is 5.11 Å². The quantitative estimate of drug-likeness (QED) is 0.495. The maximum atomic E-state index is 9.78. The number of alkyl halides is 1. The molecule has 1 aromatic rings. The molecule has 5 N–H and O–H groups in total. The fourth-order valence-corrected chi connectivity index (χ4v) is 1.72. The van der Waals surface area contributed by atoms with E-state index in [1.54, 1.807) is 24.3 Å². The second kappa shape index (κ2) is 6.15. The van der Waals surface area contributed by atoms with E-state index in [9.17, 15) is 10.2 Å². The monoisotopic (exact) mass is 304 g/mol. The second-order valence-corrected chi connectivity index (χ2v) is 4.37. The number of rotatable bonds is 4. The van der Waals surface area contributed by atoms with Crippen molar-refractivity contribution in [2.45, 2.75) is 12.2 Å². The average Bonchev–Trinajstić information content (AvgIpc) is 2.26. The maximum absolute atomic E-state index is 9.78. The summed E-state index contributed by atoms with van der Waals surface area (Å²) in [5, 5.41) is 22.5. The summed E-state index contributed by atoms with van der Waals surface area (Å²) < 4.78 is 0. The van der Waals surface area contributed by atoms with Crippen molar-refractivity contribution in [2.75, 3.05) is 10.6 Å². The molecule has 0 bridgehead atoms. The normalized spacial score (nSPS) is 14.2. The molecule has 0 saturated heterocycles. The van der Waals surface area contributed by atoms with E-state index in [0.717, 1.165) is 0 Å². The van der Waals surface area contributed by atoms with E-state index in [4.69, 9.17) is 18.0 Å². The van der Waals surface area contributed by atoms with Crippen LogP contribution in [0, 0.1) is 0 Å². The minimum Gasteiger partial charge on any atom is -0.389 e. The first kappa shape index (κ1) is 13.4. The number of halogens is 1. The van der Waals surface area contributed by atoms with Gasteiger partial charge in [-0.1, -0.05) is 28.1 Å². The Morgan fingerprint density at radius 3 is 2.75 bits per heavy atom. The SMILES string of the molecule is NC(=S)Nc1cccc(C(O)C(O)CBr)c1. The highest BCUT2D eigenvalue weighted by Gasteiger charge is 2.17. The molecule has 0 aromatic heterocycles. The smallest absolute Gasteiger partial charge is 0.168 e. The first-order chi connectivity index (χ1) is 7.54. The molecule has 16 heavy (non-hydrogen) atoms. The third-order valence-corrected chi connectivity index (χ3v) is 2.78. The number of hydrogen-bond acceptors (Lipinski definition) is 3. The van der Waals surface area contributed by atoms with Crippen molar-refractivity contribution in [3.05, 3.63) is 29.8 Å². The van der Waals surface area contributed by atoms with Crippen LogP contribution in [-0.2, 0) is 0 Å². The molecule has 0 spiro atoms. The van der Waals surface area contributed by atoms with Crippen LogP contribution in [0.25, 0.3) is 0 Å².